The molecular formula is C21H19N3O3. The molecule has 27 heavy (non-hydrogen) atoms. The van der Waals surface area contributed by atoms with Gasteiger partial charge >= 0.3 is 5.97 Å². The molecule has 2 N–H and O–H groups in total. The number of carbonyl (C=O) groups is 2. The van der Waals surface area contributed by atoms with Crippen molar-refractivity contribution in [3.63, 3.8) is 0 Å². The zero-order chi connectivity index (χ0) is 19.2. The molecule has 0 saturated heterocycles. The number of hydrogen-bond acceptors (Lipinski definition) is 5. The Morgan fingerprint density at radius 3 is 2.41 bits per heavy atom. The lowest BCUT2D eigenvalue weighted by Crippen LogP contribution is -2.12. The van der Waals surface area contributed by atoms with Crippen LogP contribution in [0.4, 0.5) is 17.2 Å². The van der Waals surface area contributed by atoms with E-state index in [1.165, 1.54) is 7.11 Å². The van der Waals surface area contributed by atoms with Gasteiger partial charge in [-0.05, 0) is 49.4 Å². The molecule has 3 rings (SSSR count). The largest absolute Gasteiger partial charge is 0.465 e. The number of nitrogens with one attached hydrogen (secondary N) is 2. The topological polar surface area (TPSA) is 80.3 Å². The summed E-state index contributed by atoms with van der Waals surface area (Å²) in [7, 11) is 1.34. The van der Waals surface area contributed by atoms with E-state index in [1.54, 1.807) is 42.6 Å². The van der Waals surface area contributed by atoms with E-state index < -0.39 is 5.97 Å². The third-order valence-corrected chi connectivity index (χ3v) is 3.86. The van der Waals surface area contributed by atoms with E-state index in [0.29, 0.717) is 28.3 Å². The third kappa shape index (κ3) is 4.70. The van der Waals surface area contributed by atoms with E-state index in [4.69, 9.17) is 4.74 Å². The quantitative estimate of drug-likeness (QED) is 0.667. The van der Waals surface area contributed by atoms with Crippen LogP contribution in [-0.2, 0) is 4.74 Å². The first-order valence-electron chi connectivity index (χ1n) is 8.34. The molecule has 1 heterocycles. The highest BCUT2D eigenvalue weighted by Crippen LogP contribution is 2.18. The number of hydrogen-bond donors (Lipinski definition) is 2. The van der Waals surface area contributed by atoms with Gasteiger partial charge in [-0.1, -0.05) is 23.8 Å². The summed E-state index contributed by atoms with van der Waals surface area (Å²) in [5.41, 5.74) is 3.37. The third-order valence-electron chi connectivity index (χ3n) is 3.86. The first-order chi connectivity index (χ1) is 13.0. The molecule has 136 valence electrons. The second kappa shape index (κ2) is 8.14. The van der Waals surface area contributed by atoms with Crippen LogP contribution in [0.25, 0.3) is 0 Å². The summed E-state index contributed by atoms with van der Waals surface area (Å²) in [5.74, 6) is -0.00150. The van der Waals surface area contributed by atoms with Gasteiger partial charge in [0.1, 0.15) is 5.82 Å². The molecule has 0 spiro atoms. The highest BCUT2D eigenvalue weighted by Gasteiger charge is 2.08. The minimum Gasteiger partial charge on any atom is -0.465 e. The Morgan fingerprint density at radius 2 is 1.70 bits per heavy atom. The zero-order valence-corrected chi connectivity index (χ0v) is 15.0. The van der Waals surface area contributed by atoms with Crippen molar-refractivity contribution in [3.8, 4) is 0 Å². The van der Waals surface area contributed by atoms with E-state index in [-0.39, 0.29) is 5.91 Å². The van der Waals surface area contributed by atoms with Gasteiger partial charge < -0.3 is 15.4 Å². The molecule has 6 nitrogen and oxygen atoms in total. The van der Waals surface area contributed by atoms with Crippen LogP contribution < -0.4 is 10.6 Å². The molecule has 1 aromatic heterocycles. The summed E-state index contributed by atoms with van der Waals surface area (Å²) in [6.07, 6.45) is 1.57. The second-order valence-corrected chi connectivity index (χ2v) is 5.95. The Labute approximate surface area is 157 Å². The van der Waals surface area contributed by atoms with Gasteiger partial charge in [0.15, 0.2) is 0 Å². The summed E-state index contributed by atoms with van der Waals surface area (Å²) in [6, 6.07) is 17.8. The van der Waals surface area contributed by atoms with Gasteiger partial charge in [-0.2, -0.15) is 0 Å². The number of carbonyl (C=O) groups excluding carboxylic acids is 2. The maximum atomic E-state index is 12.3. The van der Waals surface area contributed by atoms with Crippen LogP contribution in [0.2, 0.25) is 0 Å². The maximum Gasteiger partial charge on any atom is 0.337 e. The lowest BCUT2D eigenvalue weighted by atomic mass is 10.1. The Balaban J connectivity index is 1.67. The zero-order valence-electron chi connectivity index (χ0n) is 15.0. The maximum absolute atomic E-state index is 12.3. The highest BCUT2D eigenvalue weighted by atomic mass is 16.5. The summed E-state index contributed by atoms with van der Waals surface area (Å²) >= 11 is 0. The molecule has 1 amide bonds. The number of ether oxygens (including phenoxy) is 1. The fourth-order valence-corrected chi connectivity index (χ4v) is 2.52. The molecule has 0 unspecified atom stereocenters. The fourth-order valence-electron chi connectivity index (χ4n) is 2.52. The van der Waals surface area contributed by atoms with Crippen LogP contribution >= 0.6 is 0 Å². The SMILES string of the molecule is COC(=O)c1cccc(Nc2ccc(NC(=O)c3cccc(C)c3)cn2)c1. The van der Waals surface area contributed by atoms with Crippen molar-refractivity contribution in [1.82, 2.24) is 4.98 Å². The predicted molar refractivity (Wildman–Crippen MR) is 104 cm³/mol. The number of nitrogens with zero attached hydrogens (tertiary/aromatic N) is 1. The molecule has 3 aromatic rings. The van der Waals surface area contributed by atoms with Crippen molar-refractivity contribution in [2.45, 2.75) is 6.92 Å². The first kappa shape index (κ1) is 18.1. The number of pyridine rings is 1. The Hall–Kier alpha value is -3.67. The van der Waals surface area contributed by atoms with Crippen LogP contribution in [0.1, 0.15) is 26.3 Å². The smallest absolute Gasteiger partial charge is 0.337 e. The fraction of sp³-hybridized carbons (Fsp3) is 0.0952. The molecule has 0 radical (unpaired) electrons. The highest BCUT2D eigenvalue weighted by molar-refractivity contribution is 6.04. The van der Waals surface area contributed by atoms with Gasteiger partial charge in [0.25, 0.3) is 5.91 Å². The van der Waals surface area contributed by atoms with Crippen LogP contribution in [0.15, 0.2) is 66.9 Å². The van der Waals surface area contributed by atoms with Crippen molar-refractivity contribution in [2.24, 2.45) is 0 Å². The van der Waals surface area contributed by atoms with E-state index in [9.17, 15) is 9.59 Å². The lowest BCUT2D eigenvalue weighted by molar-refractivity contribution is 0.0600. The number of amides is 1. The number of aromatic nitrogens is 1. The van der Waals surface area contributed by atoms with Crippen molar-refractivity contribution in [2.75, 3.05) is 17.7 Å². The lowest BCUT2D eigenvalue weighted by Gasteiger charge is -2.09. The monoisotopic (exact) mass is 361 g/mol. The number of aryl methyl sites for hydroxylation is 1. The van der Waals surface area contributed by atoms with E-state index >= 15 is 0 Å². The molecule has 0 aliphatic heterocycles. The molecule has 0 aliphatic carbocycles. The summed E-state index contributed by atoms with van der Waals surface area (Å²) < 4.78 is 4.72. The minimum atomic E-state index is -0.402. The van der Waals surface area contributed by atoms with Crippen LogP contribution in [0.3, 0.4) is 0 Å². The minimum absolute atomic E-state index is 0.188. The summed E-state index contributed by atoms with van der Waals surface area (Å²) in [5, 5.41) is 5.93. The standard InChI is InChI=1S/C21H19N3O3/c1-14-5-3-6-15(11-14)20(25)24-18-9-10-19(22-13-18)23-17-8-4-7-16(12-17)21(26)27-2/h3-13H,1-2H3,(H,22,23)(H,24,25). The summed E-state index contributed by atoms with van der Waals surface area (Å²) in [4.78, 5) is 28.2. The number of anilines is 3. The van der Waals surface area contributed by atoms with Gasteiger partial charge in [-0.25, -0.2) is 9.78 Å². The van der Waals surface area contributed by atoms with Crippen molar-refractivity contribution in [3.05, 3.63) is 83.6 Å². The Bertz CT molecular complexity index is 968. The van der Waals surface area contributed by atoms with Crippen molar-refractivity contribution < 1.29 is 14.3 Å². The molecule has 0 aliphatic rings. The van der Waals surface area contributed by atoms with E-state index in [1.807, 2.05) is 31.2 Å². The predicted octanol–water partition coefficient (Wildman–Crippen LogP) is 4.17. The Morgan fingerprint density at radius 1 is 0.926 bits per heavy atom. The normalized spacial score (nSPS) is 10.1. The van der Waals surface area contributed by atoms with E-state index in [0.717, 1.165) is 5.56 Å². The van der Waals surface area contributed by atoms with Gasteiger partial charge in [0, 0.05) is 11.3 Å². The molecular weight excluding hydrogens is 342 g/mol. The summed E-state index contributed by atoms with van der Waals surface area (Å²) in [6.45, 7) is 1.94. The second-order valence-electron chi connectivity index (χ2n) is 5.95. The van der Waals surface area contributed by atoms with E-state index in [2.05, 4.69) is 15.6 Å². The number of esters is 1. The molecule has 0 atom stereocenters. The molecule has 2 aromatic carbocycles. The van der Waals surface area contributed by atoms with Gasteiger partial charge in [-0.3, -0.25) is 4.79 Å². The molecule has 0 fully saturated rings. The number of methoxy groups -OCH3 is 1. The average molecular weight is 361 g/mol. The first-order valence-corrected chi connectivity index (χ1v) is 8.34. The van der Waals surface area contributed by atoms with Crippen LogP contribution in [-0.4, -0.2) is 24.0 Å². The number of benzene rings is 2. The van der Waals surface area contributed by atoms with Gasteiger partial charge in [0.2, 0.25) is 0 Å². The number of rotatable bonds is 5. The van der Waals surface area contributed by atoms with Crippen molar-refractivity contribution >= 4 is 29.1 Å². The van der Waals surface area contributed by atoms with Crippen molar-refractivity contribution in [1.29, 1.82) is 0 Å². The van der Waals surface area contributed by atoms with Gasteiger partial charge in [0.05, 0.1) is 24.6 Å². The molecule has 6 heteroatoms. The van der Waals surface area contributed by atoms with Gasteiger partial charge in [-0.15, -0.1) is 0 Å². The van der Waals surface area contributed by atoms with Crippen LogP contribution in [0.5, 0.6) is 0 Å². The van der Waals surface area contributed by atoms with Crippen LogP contribution in [0, 0.1) is 6.92 Å². The Kier molecular flexibility index (Phi) is 5.47. The average Bonchev–Trinajstić information content (AvgIpc) is 2.69. The molecule has 0 bridgehead atoms. The molecule has 0 saturated carbocycles.